The van der Waals surface area contributed by atoms with Crippen molar-refractivity contribution in [1.82, 2.24) is 0 Å². The Morgan fingerprint density at radius 3 is 2.42 bits per heavy atom. The zero-order valence-electron chi connectivity index (χ0n) is 22.1. The fraction of sp³-hybridized carbons (Fsp3) is 0.258. The van der Waals surface area contributed by atoms with Gasteiger partial charge in [0.15, 0.2) is 5.78 Å². The predicted molar refractivity (Wildman–Crippen MR) is 155 cm³/mol. The Labute approximate surface area is 241 Å². The van der Waals surface area contributed by atoms with Crippen LogP contribution in [0.15, 0.2) is 94.8 Å². The van der Waals surface area contributed by atoms with Crippen molar-refractivity contribution in [1.29, 1.82) is 0 Å². The molecular weight excluding hydrogens is 548 g/mol. The minimum absolute atomic E-state index is 0.120. The van der Waals surface area contributed by atoms with Crippen molar-refractivity contribution < 1.29 is 23.9 Å². The number of allylic oxidation sites excluding steroid dienone is 2. The number of Topliss-reactive ketones (excluding diaryl/α,β-unsaturated/α-hetero) is 1. The van der Waals surface area contributed by atoms with E-state index in [2.05, 4.69) is 0 Å². The lowest BCUT2D eigenvalue weighted by molar-refractivity contribution is -0.152. The number of nitrogens with two attached hydrogens (primary N) is 1. The molecule has 2 aliphatic rings. The summed E-state index contributed by atoms with van der Waals surface area (Å²) in [6, 6.07) is 20.1. The number of ketones is 1. The standard InChI is InChI=1S/C31H29ClN2O5S/c1-3-38-30(36)25-21(23-14-9-15-40-23)17-22-26(28(25)35)24(18-10-8-11-19(32)16-18)27(31(37)39-4-2)29(33)34(22)20-12-6-5-7-13-20/h5-16,21,24-25H,3-4,17,33H2,1-2H3/t21-,24+,25-/m1/s1. The second-order valence-electron chi connectivity index (χ2n) is 9.46. The second kappa shape index (κ2) is 11.7. The number of ether oxygens (including phenoxy) is 2. The molecule has 1 aliphatic carbocycles. The average Bonchev–Trinajstić information content (AvgIpc) is 3.48. The fourth-order valence-electron chi connectivity index (χ4n) is 5.60. The van der Waals surface area contributed by atoms with Gasteiger partial charge in [-0.15, -0.1) is 11.3 Å². The van der Waals surface area contributed by atoms with E-state index in [0.717, 1.165) is 4.88 Å². The van der Waals surface area contributed by atoms with E-state index >= 15 is 0 Å². The number of hydrogen-bond acceptors (Lipinski definition) is 8. The fourth-order valence-corrected chi connectivity index (χ4v) is 6.66. The predicted octanol–water partition coefficient (Wildman–Crippen LogP) is 5.93. The Kier molecular flexibility index (Phi) is 8.09. The molecule has 0 amide bonds. The molecule has 0 saturated heterocycles. The Hall–Kier alpha value is -3.88. The van der Waals surface area contributed by atoms with E-state index in [9.17, 15) is 14.4 Å². The molecule has 40 heavy (non-hydrogen) atoms. The Balaban J connectivity index is 1.81. The number of rotatable bonds is 7. The van der Waals surface area contributed by atoms with Crippen molar-refractivity contribution in [2.75, 3.05) is 18.1 Å². The van der Waals surface area contributed by atoms with Crippen LogP contribution in [0.25, 0.3) is 0 Å². The maximum atomic E-state index is 14.6. The Morgan fingerprint density at radius 1 is 1.02 bits per heavy atom. The number of benzene rings is 2. The summed E-state index contributed by atoms with van der Waals surface area (Å²) in [5, 5.41) is 2.36. The highest BCUT2D eigenvalue weighted by molar-refractivity contribution is 7.10. The lowest BCUT2D eigenvalue weighted by Gasteiger charge is -2.43. The van der Waals surface area contributed by atoms with Crippen LogP contribution in [-0.2, 0) is 23.9 Å². The topological polar surface area (TPSA) is 98.9 Å². The average molecular weight is 577 g/mol. The summed E-state index contributed by atoms with van der Waals surface area (Å²) in [5.41, 5.74) is 9.20. The van der Waals surface area contributed by atoms with Crippen LogP contribution in [0.1, 0.15) is 42.5 Å². The van der Waals surface area contributed by atoms with E-state index < -0.39 is 35.5 Å². The summed E-state index contributed by atoms with van der Waals surface area (Å²) in [4.78, 5) is 44.2. The SMILES string of the molecule is CCOC(=O)C1=C(N)N(c2ccccc2)C2=C(C(=O)[C@H](C(=O)OCC)[C@@H](c3cccs3)C2)[C@@H]1c1cccc(Cl)c1. The van der Waals surface area contributed by atoms with Crippen molar-refractivity contribution in [3.63, 3.8) is 0 Å². The normalized spacial score (nSPS) is 20.8. The van der Waals surface area contributed by atoms with E-state index in [4.69, 9.17) is 26.8 Å². The van der Waals surface area contributed by atoms with Crippen LogP contribution in [-0.4, -0.2) is 30.9 Å². The molecule has 3 atom stereocenters. The minimum Gasteiger partial charge on any atom is -0.465 e. The van der Waals surface area contributed by atoms with Gasteiger partial charge in [0.1, 0.15) is 11.7 Å². The Bertz CT molecular complexity index is 1500. The van der Waals surface area contributed by atoms with Gasteiger partial charge in [0.05, 0.1) is 24.7 Å². The molecule has 2 heterocycles. The van der Waals surface area contributed by atoms with Crippen LogP contribution in [0.4, 0.5) is 5.69 Å². The van der Waals surface area contributed by atoms with Crippen LogP contribution in [0, 0.1) is 5.92 Å². The smallest absolute Gasteiger partial charge is 0.338 e. The first kappa shape index (κ1) is 27.7. The van der Waals surface area contributed by atoms with Crippen LogP contribution in [0.2, 0.25) is 5.02 Å². The molecule has 1 aromatic heterocycles. The molecule has 2 aromatic carbocycles. The second-order valence-corrected chi connectivity index (χ2v) is 10.9. The zero-order valence-corrected chi connectivity index (χ0v) is 23.7. The molecule has 0 saturated carbocycles. The van der Waals surface area contributed by atoms with Crippen LogP contribution in [0.3, 0.4) is 0 Å². The number of thiophene rings is 1. The highest BCUT2D eigenvalue weighted by atomic mass is 35.5. The van der Waals surface area contributed by atoms with Gasteiger partial charge in [-0.2, -0.15) is 0 Å². The third kappa shape index (κ3) is 4.93. The first-order valence-electron chi connectivity index (χ1n) is 13.1. The van der Waals surface area contributed by atoms with Gasteiger partial charge in [0, 0.05) is 32.8 Å². The summed E-state index contributed by atoms with van der Waals surface area (Å²) >= 11 is 7.87. The molecule has 1 aliphatic heterocycles. The number of esters is 2. The highest BCUT2D eigenvalue weighted by Gasteiger charge is 2.51. The molecule has 0 spiro atoms. The highest BCUT2D eigenvalue weighted by Crippen LogP contribution is 2.52. The Morgan fingerprint density at radius 2 is 1.77 bits per heavy atom. The summed E-state index contributed by atoms with van der Waals surface area (Å²) in [6.45, 7) is 3.68. The number of anilines is 1. The van der Waals surface area contributed by atoms with E-state index in [-0.39, 0.29) is 24.6 Å². The van der Waals surface area contributed by atoms with Crippen molar-refractivity contribution in [2.45, 2.75) is 32.1 Å². The molecule has 206 valence electrons. The molecule has 2 N–H and O–H groups in total. The molecule has 7 nitrogen and oxygen atoms in total. The lowest BCUT2D eigenvalue weighted by atomic mass is 9.68. The third-order valence-electron chi connectivity index (χ3n) is 7.18. The van der Waals surface area contributed by atoms with E-state index in [1.165, 1.54) is 11.3 Å². The van der Waals surface area contributed by atoms with Crippen molar-refractivity contribution in [3.05, 3.63) is 110 Å². The number of nitrogens with zero attached hydrogens (tertiary/aromatic N) is 1. The van der Waals surface area contributed by atoms with Crippen molar-refractivity contribution in [2.24, 2.45) is 11.7 Å². The molecule has 0 radical (unpaired) electrons. The monoisotopic (exact) mass is 576 g/mol. The number of carbonyl (C=O) groups is 3. The first-order chi connectivity index (χ1) is 19.4. The number of carbonyl (C=O) groups excluding carboxylic acids is 3. The summed E-state index contributed by atoms with van der Waals surface area (Å²) in [6.07, 6.45) is 0.327. The molecular formula is C31H29ClN2O5S. The lowest BCUT2D eigenvalue weighted by Crippen LogP contribution is -2.46. The summed E-state index contributed by atoms with van der Waals surface area (Å²) in [5.74, 6) is -3.90. The van der Waals surface area contributed by atoms with Gasteiger partial charge in [-0.3, -0.25) is 14.5 Å². The van der Waals surface area contributed by atoms with E-state index in [0.29, 0.717) is 34.0 Å². The van der Waals surface area contributed by atoms with E-state index in [1.807, 2.05) is 47.8 Å². The molecule has 0 bridgehead atoms. The molecule has 0 fully saturated rings. The van der Waals surface area contributed by atoms with Gasteiger partial charge in [-0.1, -0.05) is 48.0 Å². The zero-order chi connectivity index (χ0) is 28.4. The van der Waals surface area contributed by atoms with E-state index in [1.54, 1.807) is 43.0 Å². The number of para-hydroxylation sites is 1. The summed E-state index contributed by atoms with van der Waals surface area (Å²) < 4.78 is 10.9. The third-order valence-corrected chi connectivity index (χ3v) is 8.42. The van der Waals surface area contributed by atoms with Gasteiger partial charge >= 0.3 is 11.9 Å². The van der Waals surface area contributed by atoms with Gasteiger partial charge in [-0.05, 0) is 61.5 Å². The summed E-state index contributed by atoms with van der Waals surface area (Å²) in [7, 11) is 0. The van der Waals surface area contributed by atoms with Gasteiger partial charge in [0.2, 0.25) is 0 Å². The van der Waals surface area contributed by atoms with Gasteiger partial charge in [0.25, 0.3) is 0 Å². The molecule has 9 heteroatoms. The maximum absolute atomic E-state index is 14.6. The maximum Gasteiger partial charge on any atom is 0.338 e. The van der Waals surface area contributed by atoms with Crippen molar-refractivity contribution >= 4 is 46.3 Å². The molecule has 0 unspecified atom stereocenters. The van der Waals surface area contributed by atoms with Crippen LogP contribution >= 0.6 is 22.9 Å². The minimum atomic E-state index is -1.08. The molecule has 3 aromatic rings. The first-order valence-corrected chi connectivity index (χ1v) is 14.4. The quantitative estimate of drug-likeness (QED) is 0.275. The number of halogens is 1. The van der Waals surface area contributed by atoms with Gasteiger partial charge < -0.3 is 15.2 Å². The molecule has 5 rings (SSSR count). The number of hydrogen-bond donors (Lipinski definition) is 1. The van der Waals surface area contributed by atoms with Crippen molar-refractivity contribution in [3.8, 4) is 0 Å². The van der Waals surface area contributed by atoms with Crippen LogP contribution < -0.4 is 10.6 Å². The van der Waals surface area contributed by atoms with Crippen LogP contribution in [0.5, 0.6) is 0 Å². The largest absolute Gasteiger partial charge is 0.465 e. The van der Waals surface area contributed by atoms with Gasteiger partial charge in [-0.25, -0.2) is 4.79 Å².